The number of rotatable bonds is 7. The van der Waals surface area contributed by atoms with E-state index in [4.69, 9.17) is 0 Å². The van der Waals surface area contributed by atoms with Gasteiger partial charge in [0.1, 0.15) is 5.82 Å². The van der Waals surface area contributed by atoms with E-state index in [0.29, 0.717) is 13.1 Å². The number of nitrogens with one attached hydrogen (secondary N) is 2. The van der Waals surface area contributed by atoms with E-state index in [1.54, 1.807) is 11.9 Å². The van der Waals surface area contributed by atoms with Crippen molar-refractivity contribution in [3.8, 4) is 0 Å². The number of halogens is 1. The van der Waals surface area contributed by atoms with Gasteiger partial charge in [0.2, 0.25) is 5.91 Å². The standard InChI is InChI=1S/C23H39N7O.HI/c1-5-29-12-14-30(15-13-29)20-16-19(8-11-25-20)17-26-22(24-2)27-18-23(9-6-7-10-23)21(31)28(3)4;/h8,11,16H,5-7,9-10,12-15,17-18H2,1-4H3,(H2,24,26,27);1H. The van der Waals surface area contributed by atoms with E-state index in [-0.39, 0.29) is 35.3 Å². The van der Waals surface area contributed by atoms with Crippen molar-refractivity contribution in [3.63, 3.8) is 0 Å². The molecule has 32 heavy (non-hydrogen) atoms. The molecular formula is C23H40IN7O. The number of piperazine rings is 1. The van der Waals surface area contributed by atoms with Crippen LogP contribution in [0.2, 0.25) is 0 Å². The van der Waals surface area contributed by atoms with Crippen LogP contribution >= 0.6 is 24.0 Å². The van der Waals surface area contributed by atoms with Crippen LogP contribution in [0.1, 0.15) is 38.2 Å². The summed E-state index contributed by atoms with van der Waals surface area (Å²) in [6, 6.07) is 4.20. The smallest absolute Gasteiger partial charge is 0.230 e. The molecule has 0 radical (unpaired) electrons. The van der Waals surface area contributed by atoms with Gasteiger partial charge in [-0.05, 0) is 37.1 Å². The van der Waals surface area contributed by atoms with Gasteiger partial charge < -0.3 is 25.3 Å². The zero-order valence-corrected chi connectivity index (χ0v) is 22.4. The van der Waals surface area contributed by atoms with Crippen LogP contribution in [0.3, 0.4) is 0 Å². The summed E-state index contributed by atoms with van der Waals surface area (Å²) in [5.41, 5.74) is 0.858. The summed E-state index contributed by atoms with van der Waals surface area (Å²) in [7, 11) is 5.47. The highest BCUT2D eigenvalue weighted by atomic mass is 127. The molecule has 180 valence electrons. The summed E-state index contributed by atoms with van der Waals surface area (Å²) in [6.45, 7) is 8.82. The van der Waals surface area contributed by atoms with E-state index < -0.39 is 0 Å². The zero-order chi connectivity index (χ0) is 22.3. The molecule has 2 N–H and O–H groups in total. The Morgan fingerprint density at radius 3 is 2.47 bits per heavy atom. The molecular weight excluding hydrogens is 517 g/mol. The van der Waals surface area contributed by atoms with E-state index in [9.17, 15) is 4.79 Å². The molecule has 0 unspecified atom stereocenters. The van der Waals surface area contributed by atoms with Gasteiger partial charge in [0.05, 0.1) is 5.41 Å². The molecule has 8 nitrogen and oxygen atoms in total. The first-order chi connectivity index (χ1) is 15.0. The van der Waals surface area contributed by atoms with Crippen molar-refractivity contribution in [2.24, 2.45) is 10.4 Å². The lowest BCUT2D eigenvalue weighted by atomic mass is 9.84. The Bertz CT molecular complexity index is 756. The molecule has 1 aromatic rings. The number of hydrogen-bond acceptors (Lipinski definition) is 5. The zero-order valence-electron chi connectivity index (χ0n) is 20.1. The van der Waals surface area contributed by atoms with Crippen molar-refractivity contribution in [2.45, 2.75) is 39.2 Å². The van der Waals surface area contributed by atoms with E-state index in [1.165, 1.54) is 5.56 Å². The second-order valence-electron chi connectivity index (χ2n) is 8.91. The Morgan fingerprint density at radius 2 is 1.88 bits per heavy atom. The van der Waals surface area contributed by atoms with E-state index in [1.807, 2.05) is 26.4 Å². The van der Waals surface area contributed by atoms with Gasteiger partial charge in [-0.25, -0.2) is 4.98 Å². The maximum absolute atomic E-state index is 12.8. The molecule has 0 atom stereocenters. The lowest BCUT2D eigenvalue weighted by Crippen LogP contribution is -2.49. The van der Waals surface area contributed by atoms with Gasteiger partial charge in [-0.3, -0.25) is 9.79 Å². The number of guanidine groups is 1. The van der Waals surface area contributed by atoms with Crippen molar-refractivity contribution in [3.05, 3.63) is 23.9 Å². The minimum Gasteiger partial charge on any atom is -0.355 e. The number of carbonyl (C=O) groups is 1. The SMILES string of the molecule is CCN1CCN(c2cc(CNC(=NC)NCC3(C(=O)N(C)C)CCCC3)ccn2)CC1.I. The number of aliphatic imine (C=N–C) groups is 1. The van der Waals surface area contributed by atoms with Crippen molar-refractivity contribution in [1.82, 2.24) is 25.4 Å². The maximum Gasteiger partial charge on any atom is 0.230 e. The second kappa shape index (κ2) is 12.6. The predicted molar refractivity (Wildman–Crippen MR) is 142 cm³/mol. The Balaban J connectivity index is 0.00000363. The summed E-state index contributed by atoms with van der Waals surface area (Å²) in [6.07, 6.45) is 5.98. The number of nitrogens with zero attached hydrogens (tertiary/aromatic N) is 5. The van der Waals surface area contributed by atoms with Gasteiger partial charge in [-0.15, -0.1) is 24.0 Å². The fourth-order valence-corrected chi connectivity index (χ4v) is 4.69. The number of carbonyl (C=O) groups excluding carboxylic acids is 1. The molecule has 0 bridgehead atoms. The Kier molecular flexibility index (Phi) is 10.5. The third kappa shape index (κ3) is 6.69. The molecule has 9 heteroatoms. The van der Waals surface area contributed by atoms with Crippen molar-refractivity contribution in [1.29, 1.82) is 0 Å². The average molecular weight is 558 g/mol. The van der Waals surface area contributed by atoms with Crippen molar-refractivity contribution < 1.29 is 4.79 Å². The first-order valence-corrected chi connectivity index (χ1v) is 11.6. The molecule has 0 aromatic carbocycles. The van der Waals surface area contributed by atoms with Crippen LogP contribution in [0.15, 0.2) is 23.3 Å². The molecule has 1 saturated carbocycles. The molecule has 3 rings (SSSR count). The van der Waals surface area contributed by atoms with Crippen LogP contribution in [0, 0.1) is 5.41 Å². The molecule has 1 aliphatic carbocycles. The number of aromatic nitrogens is 1. The van der Waals surface area contributed by atoms with Gasteiger partial charge in [0, 0.05) is 66.6 Å². The molecule has 2 heterocycles. The number of hydrogen-bond donors (Lipinski definition) is 2. The Hall–Kier alpha value is -1.62. The monoisotopic (exact) mass is 557 g/mol. The molecule has 1 amide bonds. The van der Waals surface area contributed by atoms with Crippen molar-refractivity contribution >= 4 is 41.7 Å². The normalized spacial score (nSPS) is 18.8. The van der Waals surface area contributed by atoms with Crippen LogP contribution in [-0.4, -0.2) is 87.1 Å². The molecule has 1 aromatic heterocycles. The fourth-order valence-electron chi connectivity index (χ4n) is 4.69. The largest absolute Gasteiger partial charge is 0.355 e. The maximum atomic E-state index is 12.8. The van der Waals surface area contributed by atoms with E-state index in [0.717, 1.165) is 70.2 Å². The number of pyridine rings is 1. The summed E-state index contributed by atoms with van der Waals surface area (Å²) in [5.74, 6) is 1.99. The average Bonchev–Trinajstić information content (AvgIpc) is 3.29. The Labute approximate surface area is 210 Å². The topological polar surface area (TPSA) is 76.1 Å². The highest BCUT2D eigenvalue weighted by Crippen LogP contribution is 2.38. The van der Waals surface area contributed by atoms with E-state index >= 15 is 0 Å². The first kappa shape index (κ1) is 26.6. The summed E-state index contributed by atoms with van der Waals surface area (Å²) < 4.78 is 0. The minimum atomic E-state index is -0.314. The van der Waals surface area contributed by atoms with Gasteiger partial charge >= 0.3 is 0 Å². The third-order valence-electron chi connectivity index (χ3n) is 6.65. The predicted octanol–water partition coefficient (Wildman–Crippen LogP) is 2.16. The number of likely N-dealkylation sites (N-methyl/N-ethyl adjacent to an activating group) is 1. The van der Waals surface area contributed by atoms with Gasteiger partial charge in [-0.1, -0.05) is 19.8 Å². The molecule has 2 aliphatic rings. The Morgan fingerprint density at radius 1 is 1.19 bits per heavy atom. The number of amides is 1. The van der Waals surface area contributed by atoms with Crippen LogP contribution in [0.5, 0.6) is 0 Å². The quantitative estimate of drug-likeness (QED) is 0.304. The highest BCUT2D eigenvalue weighted by molar-refractivity contribution is 14.0. The summed E-state index contributed by atoms with van der Waals surface area (Å²) in [5, 5.41) is 6.81. The van der Waals surface area contributed by atoms with Crippen LogP contribution in [0.4, 0.5) is 5.82 Å². The lowest BCUT2D eigenvalue weighted by Gasteiger charge is -2.34. The number of anilines is 1. The van der Waals surface area contributed by atoms with Crippen LogP contribution in [-0.2, 0) is 11.3 Å². The minimum absolute atomic E-state index is 0. The van der Waals surface area contributed by atoms with Crippen molar-refractivity contribution in [2.75, 3.05) is 65.3 Å². The summed E-state index contributed by atoms with van der Waals surface area (Å²) in [4.78, 5) is 28.3. The second-order valence-corrected chi connectivity index (χ2v) is 8.91. The highest BCUT2D eigenvalue weighted by Gasteiger charge is 2.42. The first-order valence-electron chi connectivity index (χ1n) is 11.6. The summed E-state index contributed by atoms with van der Waals surface area (Å²) >= 11 is 0. The van der Waals surface area contributed by atoms with E-state index in [2.05, 4.69) is 43.4 Å². The molecule has 0 spiro atoms. The molecule has 1 aliphatic heterocycles. The van der Waals surface area contributed by atoms with Gasteiger partial charge in [0.25, 0.3) is 0 Å². The molecule has 1 saturated heterocycles. The van der Waals surface area contributed by atoms with Crippen LogP contribution in [0.25, 0.3) is 0 Å². The lowest BCUT2D eigenvalue weighted by molar-refractivity contribution is -0.138. The van der Waals surface area contributed by atoms with Gasteiger partial charge in [-0.2, -0.15) is 0 Å². The third-order valence-corrected chi connectivity index (χ3v) is 6.65. The molecule has 2 fully saturated rings. The van der Waals surface area contributed by atoms with Crippen LogP contribution < -0.4 is 15.5 Å². The fraction of sp³-hybridized carbons (Fsp3) is 0.696. The van der Waals surface area contributed by atoms with Gasteiger partial charge in [0.15, 0.2) is 5.96 Å².